The largest absolute Gasteiger partial charge is 0.335 e. The molecule has 1 aliphatic heterocycles. The molecule has 5 fully saturated rings. The van der Waals surface area contributed by atoms with E-state index in [9.17, 15) is 4.79 Å². The van der Waals surface area contributed by atoms with Crippen LogP contribution in [0, 0.1) is 17.8 Å². The Morgan fingerprint density at radius 1 is 1.11 bits per heavy atom. The van der Waals surface area contributed by atoms with Gasteiger partial charge in [-0.15, -0.1) is 0 Å². The van der Waals surface area contributed by atoms with E-state index in [0.29, 0.717) is 18.4 Å². The summed E-state index contributed by atoms with van der Waals surface area (Å²) in [6.45, 7) is 4.03. The summed E-state index contributed by atoms with van der Waals surface area (Å²) in [5.74, 6) is 3.18. The molecule has 19 heavy (non-hydrogen) atoms. The van der Waals surface area contributed by atoms with Crippen molar-refractivity contribution in [2.24, 2.45) is 17.8 Å². The van der Waals surface area contributed by atoms with E-state index < -0.39 is 0 Å². The van der Waals surface area contributed by atoms with Gasteiger partial charge in [0.2, 0.25) is 5.91 Å². The highest BCUT2D eigenvalue weighted by atomic mass is 16.2. The summed E-state index contributed by atoms with van der Waals surface area (Å²) in [7, 11) is 0. The first-order chi connectivity index (χ1) is 9.14. The molecule has 3 nitrogen and oxygen atoms in total. The molecule has 1 saturated heterocycles. The molecule has 0 aromatic heterocycles. The molecule has 0 spiro atoms. The van der Waals surface area contributed by atoms with Crippen molar-refractivity contribution in [3.05, 3.63) is 0 Å². The van der Waals surface area contributed by atoms with Gasteiger partial charge in [0, 0.05) is 31.1 Å². The fourth-order valence-electron chi connectivity index (χ4n) is 5.85. The Balaban J connectivity index is 1.64. The minimum atomic E-state index is 0.256. The molecule has 1 N–H and O–H groups in total. The fraction of sp³-hybridized carbons (Fsp3) is 0.938. The second kappa shape index (κ2) is 4.21. The van der Waals surface area contributed by atoms with Crippen molar-refractivity contribution < 1.29 is 4.79 Å². The first kappa shape index (κ1) is 12.2. The Labute approximate surface area is 116 Å². The predicted octanol–water partition coefficient (Wildman–Crippen LogP) is 2.17. The van der Waals surface area contributed by atoms with Gasteiger partial charge in [-0.3, -0.25) is 4.79 Å². The third-order valence-corrected chi connectivity index (χ3v) is 6.17. The third-order valence-electron chi connectivity index (χ3n) is 6.17. The van der Waals surface area contributed by atoms with Crippen LogP contribution in [0.1, 0.15) is 51.9 Å². The van der Waals surface area contributed by atoms with E-state index in [4.69, 9.17) is 0 Å². The zero-order chi connectivity index (χ0) is 13.0. The van der Waals surface area contributed by atoms with Crippen LogP contribution in [-0.2, 0) is 4.79 Å². The summed E-state index contributed by atoms with van der Waals surface area (Å²) in [6.07, 6.45) is 8.97. The molecular weight excluding hydrogens is 236 g/mol. The Hall–Kier alpha value is -0.570. The van der Waals surface area contributed by atoms with Crippen LogP contribution < -0.4 is 5.32 Å². The van der Waals surface area contributed by atoms with Crippen LogP contribution in [-0.4, -0.2) is 35.5 Å². The molecule has 1 atom stereocenters. The SMILES string of the molecule is CC1CN(C23CC4CC(CC(C4)C2)C3)C(=O)CCN1. The summed E-state index contributed by atoms with van der Waals surface area (Å²) in [5.41, 5.74) is 0.256. The van der Waals surface area contributed by atoms with Crippen LogP contribution in [0.3, 0.4) is 0 Å². The van der Waals surface area contributed by atoms with Gasteiger partial charge in [-0.2, -0.15) is 0 Å². The second-order valence-corrected chi connectivity index (χ2v) is 7.75. The van der Waals surface area contributed by atoms with Crippen molar-refractivity contribution >= 4 is 5.91 Å². The molecule has 1 heterocycles. The van der Waals surface area contributed by atoms with E-state index in [1.165, 1.54) is 38.5 Å². The van der Waals surface area contributed by atoms with Gasteiger partial charge in [-0.25, -0.2) is 0 Å². The van der Waals surface area contributed by atoms with Crippen molar-refractivity contribution in [3.8, 4) is 0 Å². The maximum atomic E-state index is 12.6. The number of hydrogen-bond donors (Lipinski definition) is 1. The number of hydrogen-bond acceptors (Lipinski definition) is 2. The van der Waals surface area contributed by atoms with Gasteiger partial charge in [0.25, 0.3) is 0 Å². The summed E-state index contributed by atoms with van der Waals surface area (Å²) in [4.78, 5) is 14.9. The van der Waals surface area contributed by atoms with Crippen molar-refractivity contribution in [1.82, 2.24) is 10.2 Å². The molecule has 0 aromatic carbocycles. The molecule has 0 aromatic rings. The molecule has 5 aliphatic rings. The Bertz CT molecular complexity index is 357. The molecule has 1 unspecified atom stereocenters. The minimum Gasteiger partial charge on any atom is -0.335 e. The lowest BCUT2D eigenvalue weighted by Gasteiger charge is -2.60. The van der Waals surface area contributed by atoms with Gasteiger partial charge >= 0.3 is 0 Å². The minimum absolute atomic E-state index is 0.256. The Morgan fingerprint density at radius 3 is 2.26 bits per heavy atom. The average molecular weight is 262 g/mol. The standard InChI is InChI=1S/C16H26N2O/c1-11-10-18(15(19)2-3-17-11)16-7-12-4-13(8-16)6-14(5-12)9-16/h11-14,17H,2-10H2,1H3. The fourth-order valence-corrected chi connectivity index (χ4v) is 5.85. The lowest BCUT2D eigenvalue weighted by atomic mass is 9.52. The zero-order valence-electron chi connectivity index (χ0n) is 12.0. The number of nitrogens with zero attached hydrogens (tertiary/aromatic N) is 1. The average Bonchev–Trinajstić information content (AvgIpc) is 2.50. The van der Waals surface area contributed by atoms with Gasteiger partial charge in [0.05, 0.1) is 0 Å². The summed E-state index contributed by atoms with van der Waals surface area (Å²) in [5, 5.41) is 3.47. The van der Waals surface area contributed by atoms with Crippen LogP contribution in [0.5, 0.6) is 0 Å². The van der Waals surface area contributed by atoms with Gasteiger partial charge in [-0.1, -0.05) is 0 Å². The molecule has 106 valence electrons. The molecule has 4 aliphatic carbocycles. The quantitative estimate of drug-likeness (QED) is 0.785. The van der Waals surface area contributed by atoms with E-state index in [-0.39, 0.29) is 5.54 Å². The molecule has 4 saturated carbocycles. The predicted molar refractivity (Wildman–Crippen MR) is 74.7 cm³/mol. The topological polar surface area (TPSA) is 32.3 Å². The highest BCUT2D eigenvalue weighted by molar-refractivity contribution is 5.77. The van der Waals surface area contributed by atoms with Gasteiger partial charge in [0.15, 0.2) is 0 Å². The van der Waals surface area contributed by atoms with E-state index in [1.54, 1.807) is 0 Å². The summed E-state index contributed by atoms with van der Waals surface area (Å²) >= 11 is 0. The van der Waals surface area contributed by atoms with Gasteiger partial charge < -0.3 is 10.2 Å². The highest BCUT2D eigenvalue weighted by Crippen LogP contribution is 2.57. The van der Waals surface area contributed by atoms with Crippen molar-refractivity contribution in [1.29, 1.82) is 0 Å². The lowest BCUT2D eigenvalue weighted by Crippen LogP contribution is -2.62. The van der Waals surface area contributed by atoms with E-state index in [0.717, 1.165) is 30.8 Å². The Morgan fingerprint density at radius 2 is 1.68 bits per heavy atom. The first-order valence-electron chi connectivity index (χ1n) is 8.18. The number of amides is 1. The lowest BCUT2D eigenvalue weighted by molar-refractivity contribution is -0.150. The number of carbonyl (C=O) groups excluding carboxylic acids is 1. The molecular formula is C16H26N2O. The van der Waals surface area contributed by atoms with Crippen LogP contribution in [0.25, 0.3) is 0 Å². The maximum Gasteiger partial charge on any atom is 0.224 e. The number of nitrogens with one attached hydrogen (secondary N) is 1. The molecule has 1 amide bonds. The molecule has 3 heteroatoms. The van der Waals surface area contributed by atoms with Crippen molar-refractivity contribution in [2.45, 2.75) is 63.5 Å². The molecule has 5 rings (SSSR count). The van der Waals surface area contributed by atoms with Gasteiger partial charge in [0.1, 0.15) is 0 Å². The van der Waals surface area contributed by atoms with Gasteiger partial charge in [-0.05, 0) is 63.2 Å². The molecule has 0 radical (unpaired) electrons. The Kier molecular flexibility index (Phi) is 2.70. The highest BCUT2D eigenvalue weighted by Gasteiger charge is 2.54. The number of rotatable bonds is 1. The van der Waals surface area contributed by atoms with Crippen LogP contribution in [0.4, 0.5) is 0 Å². The number of carbonyl (C=O) groups is 1. The monoisotopic (exact) mass is 262 g/mol. The maximum absolute atomic E-state index is 12.6. The normalized spacial score (nSPS) is 49.5. The van der Waals surface area contributed by atoms with E-state index in [1.807, 2.05) is 0 Å². The van der Waals surface area contributed by atoms with E-state index >= 15 is 0 Å². The smallest absolute Gasteiger partial charge is 0.224 e. The third kappa shape index (κ3) is 1.93. The second-order valence-electron chi connectivity index (χ2n) is 7.75. The van der Waals surface area contributed by atoms with E-state index in [2.05, 4.69) is 17.1 Å². The van der Waals surface area contributed by atoms with Crippen LogP contribution in [0.15, 0.2) is 0 Å². The summed E-state index contributed by atoms with van der Waals surface area (Å²) < 4.78 is 0. The van der Waals surface area contributed by atoms with Crippen LogP contribution >= 0.6 is 0 Å². The molecule has 4 bridgehead atoms. The first-order valence-corrected chi connectivity index (χ1v) is 8.18. The van der Waals surface area contributed by atoms with Crippen LogP contribution in [0.2, 0.25) is 0 Å². The zero-order valence-corrected chi connectivity index (χ0v) is 12.0. The van der Waals surface area contributed by atoms with Crippen molar-refractivity contribution in [3.63, 3.8) is 0 Å². The van der Waals surface area contributed by atoms with Crippen molar-refractivity contribution in [2.75, 3.05) is 13.1 Å². The summed E-state index contributed by atoms with van der Waals surface area (Å²) in [6, 6.07) is 0.458.